The standard InChI is InChI=1S/C53H60N4O4S/c1-52(2)47(56(45-32-28-40-19-12-14-21-43(40)50(45)52)36-16-8-11-25-49(58)55-35-34-39-26-30-42(54)31-27-39)23-9-6-5-7-10-24-48-53(3,4)51-44-22-15-13-20-41(44)29-33-46(51)57(48)37-17-18-38-62(59,60)61/h5-7,9-10,12-15,19-24,26-33H,8,11,16-18,25,34-38,54H2,1-4H3,(H-,55,58,59,60,61)/p+1. The third-order valence-corrected chi connectivity index (χ3v) is 13.3. The summed E-state index contributed by atoms with van der Waals surface area (Å²) in [5.41, 5.74) is 14.6. The third kappa shape index (κ3) is 9.96. The molecule has 4 N–H and O–H groups in total. The van der Waals surface area contributed by atoms with Gasteiger partial charge < -0.3 is 16.0 Å². The van der Waals surface area contributed by atoms with Crippen LogP contribution in [-0.4, -0.2) is 54.6 Å². The van der Waals surface area contributed by atoms with Crippen LogP contribution in [0.1, 0.15) is 82.9 Å². The van der Waals surface area contributed by atoms with E-state index in [1.165, 1.54) is 44.1 Å². The van der Waals surface area contributed by atoms with E-state index in [4.69, 9.17) is 5.73 Å². The highest BCUT2D eigenvalue weighted by atomic mass is 32.2. The van der Waals surface area contributed by atoms with Crippen LogP contribution in [0.4, 0.5) is 17.1 Å². The first-order chi connectivity index (χ1) is 29.8. The highest BCUT2D eigenvalue weighted by Crippen LogP contribution is 2.51. The predicted octanol–water partition coefficient (Wildman–Crippen LogP) is 10.9. The summed E-state index contributed by atoms with van der Waals surface area (Å²) in [5, 5.41) is 8.01. The Bertz CT molecular complexity index is 2710. The number of anilines is 2. The quantitative estimate of drug-likeness (QED) is 0.0266. The first-order valence-electron chi connectivity index (χ1n) is 22.0. The monoisotopic (exact) mass is 849 g/mol. The van der Waals surface area contributed by atoms with Crippen molar-refractivity contribution in [3.05, 3.63) is 162 Å². The van der Waals surface area contributed by atoms with Crippen LogP contribution in [0.3, 0.4) is 0 Å². The molecule has 2 heterocycles. The minimum Gasteiger partial charge on any atom is -0.399 e. The minimum absolute atomic E-state index is 0.101. The van der Waals surface area contributed by atoms with Crippen molar-refractivity contribution >= 4 is 60.3 Å². The minimum atomic E-state index is -4.00. The molecule has 0 saturated carbocycles. The maximum atomic E-state index is 12.6. The Balaban J connectivity index is 1.04. The number of benzene rings is 5. The zero-order valence-corrected chi connectivity index (χ0v) is 37.4. The molecule has 8 nitrogen and oxygen atoms in total. The first-order valence-corrected chi connectivity index (χ1v) is 23.6. The van der Waals surface area contributed by atoms with Crippen molar-refractivity contribution in [3.8, 4) is 0 Å². The Morgan fingerprint density at radius 3 is 2.13 bits per heavy atom. The van der Waals surface area contributed by atoms with Crippen LogP contribution in [0.5, 0.6) is 0 Å². The lowest BCUT2D eigenvalue weighted by molar-refractivity contribution is -0.438. The molecule has 0 saturated heterocycles. The van der Waals surface area contributed by atoms with Gasteiger partial charge in [-0.2, -0.15) is 13.0 Å². The summed E-state index contributed by atoms with van der Waals surface area (Å²) in [7, 11) is -4.00. The zero-order valence-electron chi connectivity index (χ0n) is 36.6. The van der Waals surface area contributed by atoms with Crippen LogP contribution >= 0.6 is 0 Å². The Morgan fingerprint density at radius 2 is 1.40 bits per heavy atom. The summed E-state index contributed by atoms with van der Waals surface area (Å²) < 4.78 is 34.7. The summed E-state index contributed by atoms with van der Waals surface area (Å²) in [6.07, 6.45) is 20.0. The van der Waals surface area contributed by atoms with E-state index in [0.717, 1.165) is 54.9 Å². The first kappa shape index (κ1) is 44.3. The van der Waals surface area contributed by atoms with Gasteiger partial charge >= 0.3 is 0 Å². The molecule has 0 fully saturated rings. The lowest BCUT2D eigenvalue weighted by Crippen LogP contribution is -2.28. The molecule has 7 rings (SSSR count). The molecule has 0 aliphatic carbocycles. The third-order valence-electron chi connectivity index (χ3n) is 12.5. The Labute approximate surface area is 368 Å². The number of rotatable bonds is 18. The molecule has 322 valence electrons. The van der Waals surface area contributed by atoms with Gasteiger partial charge in [-0.15, -0.1) is 0 Å². The van der Waals surface area contributed by atoms with Gasteiger partial charge in [0, 0.05) is 66.1 Å². The maximum Gasteiger partial charge on any atom is 0.264 e. The summed E-state index contributed by atoms with van der Waals surface area (Å²) in [4.78, 5) is 14.9. The van der Waals surface area contributed by atoms with Crippen LogP contribution in [0.15, 0.2) is 145 Å². The van der Waals surface area contributed by atoms with E-state index in [1.54, 1.807) is 0 Å². The van der Waals surface area contributed by atoms with Crippen LogP contribution in [0.2, 0.25) is 0 Å². The number of nitrogens with zero attached hydrogens (tertiary/aromatic N) is 2. The molecule has 0 radical (unpaired) electrons. The molecule has 0 atom stereocenters. The van der Waals surface area contributed by atoms with E-state index in [1.807, 2.05) is 24.3 Å². The van der Waals surface area contributed by atoms with Crippen molar-refractivity contribution in [3.63, 3.8) is 0 Å². The highest BCUT2D eigenvalue weighted by molar-refractivity contribution is 7.85. The van der Waals surface area contributed by atoms with Gasteiger partial charge in [-0.05, 0) is 109 Å². The molecule has 2 aliphatic heterocycles. The molecule has 0 spiro atoms. The van der Waals surface area contributed by atoms with Crippen molar-refractivity contribution in [2.45, 2.75) is 83.5 Å². The van der Waals surface area contributed by atoms with E-state index < -0.39 is 10.1 Å². The number of nitrogens with two attached hydrogens (primary N) is 1. The molecular formula is C53H61N4O4S+. The normalized spacial score (nSPS) is 16.5. The SMILES string of the molecule is CC1(C)C(/C=C/C=C/C=C/C=C2/N(CCCCS(=O)(=O)O)c3ccc4ccccc4c3C2(C)C)=[N+](CCCCCC(=O)NCCc2ccc(N)cc2)c2ccc3ccccc3c21. The summed E-state index contributed by atoms with van der Waals surface area (Å²) in [6.45, 7) is 11.3. The lowest BCUT2D eigenvalue weighted by Gasteiger charge is -2.27. The fourth-order valence-corrected chi connectivity index (χ4v) is 10.0. The fourth-order valence-electron chi connectivity index (χ4n) is 9.44. The van der Waals surface area contributed by atoms with Gasteiger partial charge in [0.15, 0.2) is 5.71 Å². The Hall–Kier alpha value is -5.77. The summed E-state index contributed by atoms with van der Waals surface area (Å²) >= 11 is 0. The van der Waals surface area contributed by atoms with Gasteiger partial charge in [-0.25, -0.2) is 0 Å². The highest BCUT2D eigenvalue weighted by Gasteiger charge is 2.45. The van der Waals surface area contributed by atoms with Gasteiger partial charge in [0.2, 0.25) is 11.6 Å². The molecule has 1 amide bonds. The van der Waals surface area contributed by atoms with Gasteiger partial charge in [-0.1, -0.05) is 111 Å². The molecule has 0 aromatic heterocycles. The molecule has 2 aliphatic rings. The van der Waals surface area contributed by atoms with E-state index in [2.05, 4.69) is 158 Å². The molecule has 62 heavy (non-hydrogen) atoms. The zero-order chi connectivity index (χ0) is 43.9. The van der Waals surface area contributed by atoms with Crippen LogP contribution < -0.4 is 16.0 Å². The van der Waals surface area contributed by atoms with Gasteiger partial charge in [-0.3, -0.25) is 9.35 Å². The second-order valence-electron chi connectivity index (χ2n) is 17.6. The lowest BCUT2D eigenvalue weighted by atomic mass is 9.79. The van der Waals surface area contributed by atoms with Gasteiger partial charge in [0.05, 0.1) is 11.2 Å². The number of nitrogen functional groups attached to an aromatic ring is 1. The van der Waals surface area contributed by atoms with Gasteiger partial charge in [0.25, 0.3) is 10.1 Å². The molecule has 5 aromatic carbocycles. The molecule has 0 bridgehead atoms. The number of hydrogen-bond donors (Lipinski definition) is 3. The van der Waals surface area contributed by atoms with Crippen molar-refractivity contribution < 1.29 is 22.3 Å². The number of fused-ring (bicyclic) bond motifs is 6. The van der Waals surface area contributed by atoms with Crippen LogP contribution in [-0.2, 0) is 32.2 Å². The Kier molecular flexibility index (Phi) is 13.6. The number of nitrogens with one attached hydrogen (secondary N) is 1. The van der Waals surface area contributed by atoms with E-state index >= 15 is 0 Å². The van der Waals surface area contributed by atoms with E-state index in [9.17, 15) is 17.8 Å². The second kappa shape index (κ2) is 19.1. The number of allylic oxidation sites excluding steroid dienone is 8. The largest absolute Gasteiger partial charge is 0.399 e. The number of carbonyl (C=O) groups is 1. The average molecular weight is 850 g/mol. The number of hydrogen-bond acceptors (Lipinski definition) is 5. The number of unbranched alkanes of at least 4 members (excludes halogenated alkanes) is 3. The van der Waals surface area contributed by atoms with Crippen molar-refractivity contribution in [1.29, 1.82) is 0 Å². The van der Waals surface area contributed by atoms with E-state index in [-0.39, 0.29) is 22.5 Å². The topological polar surface area (TPSA) is 116 Å². The van der Waals surface area contributed by atoms with Crippen molar-refractivity contribution in [1.82, 2.24) is 5.32 Å². The maximum absolute atomic E-state index is 12.6. The average Bonchev–Trinajstić information content (AvgIpc) is 3.60. The molecule has 0 unspecified atom stereocenters. The molecular weight excluding hydrogens is 789 g/mol. The van der Waals surface area contributed by atoms with Crippen LogP contribution in [0, 0.1) is 0 Å². The fraction of sp³-hybridized carbons (Fsp3) is 0.321. The number of amides is 1. The number of carbonyl (C=O) groups excluding carboxylic acids is 1. The predicted molar refractivity (Wildman–Crippen MR) is 258 cm³/mol. The summed E-state index contributed by atoms with van der Waals surface area (Å²) in [6, 6.07) is 33.7. The van der Waals surface area contributed by atoms with Crippen molar-refractivity contribution in [2.75, 3.05) is 36.0 Å². The van der Waals surface area contributed by atoms with Crippen molar-refractivity contribution in [2.24, 2.45) is 0 Å². The second-order valence-corrected chi connectivity index (χ2v) is 19.2. The van der Waals surface area contributed by atoms with Crippen LogP contribution in [0.25, 0.3) is 21.5 Å². The Morgan fingerprint density at radius 1 is 0.742 bits per heavy atom. The van der Waals surface area contributed by atoms with E-state index in [0.29, 0.717) is 32.4 Å². The smallest absolute Gasteiger partial charge is 0.264 e. The summed E-state index contributed by atoms with van der Waals surface area (Å²) in [5.74, 6) is -0.139. The molecule has 9 heteroatoms. The molecule has 5 aromatic rings. The van der Waals surface area contributed by atoms with Gasteiger partial charge in [0.1, 0.15) is 6.54 Å².